The predicted octanol–water partition coefficient (Wildman–Crippen LogP) is 0.782. The summed E-state index contributed by atoms with van der Waals surface area (Å²) in [4.78, 5) is 17.1. The predicted molar refractivity (Wildman–Crippen MR) is 123 cm³/mol. The first kappa shape index (κ1) is 22.5. The summed E-state index contributed by atoms with van der Waals surface area (Å²) in [6.45, 7) is 6.61. The van der Waals surface area contributed by atoms with Crippen molar-refractivity contribution in [2.75, 3.05) is 26.2 Å². The highest BCUT2D eigenvalue weighted by Crippen LogP contribution is 2.38. The molecular weight excluding hydrogens is 408 g/mol. The second kappa shape index (κ2) is 9.41. The van der Waals surface area contributed by atoms with Crippen LogP contribution in [0.25, 0.3) is 22.2 Å². The van der Waals surface area contributed by atoms with Gasteiger partial charge in [-0.2, -0.15) is 5.10 Å². The van der Waals surface area contributed by atoms with Crippen molar-refractivity contribution in [1.29, 1.82) is 0 Å². The lowest BCUT2D eigenvalue weighted by Gasteiger charge is -2.30. The van der Waals surface area contributed by atoms with Crippen LogP contribution in [0.3, 0.4) is 0 Å². The maximum atomic E-state index is 11.6. The molecule has 6 N–H and O–H groups in total. The maximum absolute atomic E-state index is 11.6. The quantitative estimate of drug-likeness (QED) is 0.352. The van der Waals surface area contributed by atoms with Crippen molar-refractivity contribution < 1.29 is 15.0 Å². The van der Waals surface area contributed by atoms with Crippen molar-refractivity contribution in [3.05, 3.63) is 40.7 Å². The Morgan fingerprint density at radius 2 is 2.22 bits per heavy atom. The number of benzene rings is 1. The van der Waals surface area contributed by atoms with Crippen LogP contribution in [0.5, 0.6) is 0 Å². The molecule has 1 atom stereocenters. The Bertz CT molecular complexity index is 1120. The van der Waals surface area contributed by atoms with Crippen molar-refractivity contribution in [3.8, 4) is 11.3 Å². The number of aliphatic hydroxyl groups is 2. The Morgan fingerprint density at radius 3 is 2.97 bits per heavy atom. The van der Waals surface area contributed by atoms with Gasteiger partial charge in [0.1, 0.15) is 6.23 Å². The van der Waals surface area contributed by atoms with Gasteiger partial charge in [-0.3, -0.25) is 14.4 Å². The number of carbonyl (C=O) groups is 1. The number of hydrogen-bond acceptors (Lipinski definition) is 6. The average molecular weight is 441 g/mol. The van der Waals surface area contributed by atoms with E-state index in [1.54, 1.807) is 0 Å². The molecule has 1 aromatic carbocycles. The van der Waals surface area contributed by atoms with Crippen molar-refractivity contribution in [3.63, 3.8) is 0 Å². The molecule has 1 unspecified atom stereocenters. The third-order valence-corrected chi connectivity index (χ3v) is 6.33. The summed E-state index contributed by atoms with van der Waals surface area (Å²) in [7, 11) is 0. The van der Waals surface area contributed by atoms with Crippen LogP contribution in [0.1, 0.15) is 28.8 Å². The minimum atomic E-state index is -0.864. The van der Waals surface area contributed by atoms with Crippen LogP contribution < -0.4 is 11.1 Å². The van der Waals surface area contributed by atoms with Crippen LogP contribution in [-0.2, 0) is 24.3 Å². The van der Waals surface area contributed by atoms with Crippen LogP contribution in [0.4, 0.5) is 0 Å². The van der Waals surface area contributed by atoms with Crippen LogP contribution in [0.2, 0.25) is 0 Å². The van der Waals surface area contributed by atoms with E-state index in [0.29, 0.717) is 39.1 Å². The summed E-state index contributed by atoms with van der Waals surface area (Å²) in [5.74, 6) is -0.0516. The minimum absolute atomic E-state index is 0.0516. The summed E-state index contributed by atoms with van der Waals surface area (Å²) in [5.41, 5.74) is 13.2. The number of nitrogens with zero attached hydrogens (tertiary/aromatic N) is 3. The molecule has 172 valence electrons. The normalized spacial score (nSPS) is 15.2. The number of H-pyrrole nitrogens is 1. The molecule has 0 radical (unpaired) electrons. The topological polar surface area (TPSA) is 132 Å². The standard InChI is InChI=1S/C23H32N6O3/c1-14-11-16(19-5-9-29(27-19)10-7-25-20(31)3-6-24)22-17-12-28(21(32)13-30)8-4-18(17)26-23(22)15(14)2/h5,9,11,21,26,30,32H,3-4,6-8,10,12-13,24H2,1-2H3,(H,25,31). The van der Waals surface area contributed by atoms with Gasteiger partial charge in [-0.15, -0.1) is 0 Å². The Morgan fingerprint density at radius 1 is 1.41 bits per heavy atom. The number of amides is 1. The fourth-order valence-corrected chi connectivity index (χ4v) is 4.42. The van der Waals surface area contributed by atoms with E-state index in [9.17, 15) is 15.0 Å². The van der Waals surface area contributed by atoms with Gasteiger partial charge < -0.3 is 26.2 Å². The molecule has 0 spiro atoms. The number of hydrogen-bond donors (Lipinski definition) is 5. The minimum Gasteiger partial charge on any atom is -0.392 e. The summed E-state index contributed by atoms with van der Waals surface area (Å²) in [6, 6.07) is 4.16. The third-order valence-electron chi connectivity index (χ3n) is 6.33. The molecule has 4 rings (SSSR count). The summed E-state index contributed by atoms with van der Waals surface area (Å²) in [6.07, 6.45) is 2.17. The molecule has 9 nitrogen and oxygen atoms in total. The molecule has 0 fully saturated rings. The number of fused-ring (bicyclic) bond motifs is 3. The van der Waals surface area contributed by atoms with Gasteiger partial charge in [-0.05, 0) is 42.7 Å². The number of aromatic amines is 1. The molecule has 1 amide bonds. The van der Waals surface area contributed by atoms with E-state index in [1.807, 2.05) is 21.8 Å². The Hall–Kier alpha value is -2.72. The molecule has 0 saturated carbocycles. The van der Waals surface area contributed by atoms with Gasteiger partial charge in [0.15, 0.2) is 0 Å². The highest BCUT2D eigenvalue weighted by molar-refractivity contribution is 6.00. The zero-order valence-electron chi connectivity index (χ0n) is 18.7. The molecule has 0 bridgehead atoms. The Balaban J connectivity index is 1.66. The van der Waals surface area contributed by atoms with E-state index in [2.05, 4.69) is 30.2 Å². The lowest BCUT2D eigenvalue weighted by atomic mass is 9.95. The fourth-order valence-electron chi connectivity index (χ4n) is 4.42. The zero-order valence-corrected chi connectivity index (χ0v) is 18.7. The average Bonchev–Trinajstić information content (AvgIpc) is 3.40. The number of nitrogens with two attached hydrogens (primary N) is 1. The molecule has 3 aromatic rings. The van der Waals surface area contributed by atoms with E-state index in [4.69, 9.17) is 10.8 Å². The second-order valence-corrected chi connectivity index (χ2v) is 8.43. The summed E-state index contributed by atoms with van der Waals surface area (Å²) < 4.78 is 1.83. The number of rotatable bonds is 8. The van der Waals surface area contributed by atoms with Crippen LogP contribution in [0, 0.1) is 13.8 Å². The van der Waals surface area contributed by atoms with Crippen LogP contribution >= 0.6 is 0 Å². The Labute approximate surface area is 187 Å². The first-order valence-electron chi connectivity index (χ1n) is 11.1. The van der Waals surface area contributed by atoms with Crippen molar-refractivity contribution in [2.45, 2.75) is 46.0 Å². The second-order valence-electron chi connectivity index (χ2n) is 8.43. The Kier molecular flexibility index (Phi) is 6.61. The lowest BCUT2D eigenvalue weighted by Crippen LogP contribution is -2.41. The van der Waals surface area contributed by atoms with Crippen molar-refractivity contribution in [1.82, 2.24) is 25.0 Å². The molecule has 0 saturated heterocycles. The summed E-state index contributed by atoms with van der Waals surface area (Å²) in [5, 5.41) is 28.3. The number of carbonyl (C=O) groups excluding carboxylic acids is 1. The fraction of sp³-hybridized carbons (Fsp3) is 0.478. The van der Waals surface area contributed by atoms with E-state index in [-0.39, 0.29) is 12.5 Å². The van der Waals surface area contributed by atoms with Crippen molar-refractivity contribution in [2.24, 2.45) is 5.73 Å². The number of aliphatic hydroxyl groups excluding tert-OH is 2. The molecular formula is C23H32N6O3. The number of nitrogens with one attached hydrogen (secondary N) is 2. The van der Waals surface area contributed by atoms with Gasteiger partial charge in [0.05, 0.1) is 18.8 Å². The van der Waals surface area contributed by atoms with Gasteiger partial charge in [-0.25, -0.2) is 0 Å². The molecule has 2 aromatic heterocycles. The van der Waals surface area contributed by atoms with Crippen molar-refractivity contribution >= 4 is 16.8 Å². The molecule has 1 aliphatic heterocycles. The monoisotopic (exact) mass is 440 g/mol. The van der Waals surface area contributed by atoms with E-state index < -0.39 is 6.23 Å². The maximum Gasteiger partial charge on any atom is 0.221 e. The summed E-state index contributed by atoms with van der Waals surface area (Å²) >= 11 is 0. The van der Waals surface area contributed by atoms with E-state index in [1.165, 1.54) is 16.8 Å². The van der Waals surface area contributed by atoms with Gasteiger partial charge in [0.25, 0.3) is 0 Å². The highest BCUT2D eigenvalue weighted by atomic mass is 16.3. The number of aromatic nitrogens is 3. The SMILES string of the molecule is Cc1cc(-c2ccn(CCNC(=O)CCN)n2)c2c3c([nH]c2c1C)CCN(C(O)CO)C3. The molecule has 3 heterocycles. The molecule has 0 aliphatic carbocycles. The van der Waals surface area contributed by atoms with E-state index in [0.717, 1.165) is 34.1 Å². The van der Waals surface area contributed by atoms with Crippen LogP contribution in [-0.4, -0.2) is 68.3 Å². The largest absolute Gasteiger partial charge is 0.392 e. The first-order valence-corrected chi connectivity index (χ1v) is 11.1. The zero-order chi connectivity index (χ0) is 22.8. The highest BCUT2D eigenvalue weighted by Gasteiger charge is 2.27. The first-order chi connectivity index (χ1) is 15.4. The molecule has 32 heavy (non-hydrogen) atoms. The lowest BCUT2D eigenvalue weighted by molar-refractivity contribution is -0.120. The van der Waals surface area contributed by atoms with E-state index >= 15 is 0 Å². The van der Waals surface area contributed by atoms with Crippen LogP contribution in [0.15, 0.2) is 18.3 Å². The van der Waals surface area contributed by atoms with Gasteiger partial charge in [-0.1, -0.05) is 0 Å². The number of aryl methyl sites for hydroxylation is 2. The van der Waals surface area contributed by atoms with Gasteiger partial charge >= 0.3 is 0 Å². The molecule has 1 aliphatic rings. The molecule has 9 heteroatoms. The third kappa shape index (κ3) is 4.29. The smallest absolute Gasteiger partial charge is 0.221 e. The van der Waals surface area contributed by atoms with Gasteiger partial charge in [0, 0.05) is 67.4 Å². The van der Waals surface area contributed by atoms with Gasteiger partial charge in [0.2, 0.25) is 5.91 Å².